The molecule has 6 heteroatoms. The molecule has 0 bridgehead atoms. The van der Waals surface area contributed by atoms with Gasteiger partial charge < -0.3 is 14.2 Å². The predicted octanol–water partition coefficient (Wildman–Crippen LogP) is 5.15. The van der Waals surface area contributed by atoms with Gasteiger partial charge in [0, 0.05) is 29.3 Å². The van der Waals surface area contributed by atoms with Crippen LogP contribution in [0.25, 0.3) is 11.8 Å². The molecule has 3 aromatic rings. The number of hydrogen-bond acceptors (Lipinski definition) is 3. The Morgan fingerprint density at radius 3 is 2.35 bits per heavy atom. The first-order valence-electron chi connectivity index (χ1n) is 11.1. The minimum absolute atomic E-state index is 0.222. The molecule has 0 saturated carbocycles. The molecule has 2 aromatic carbocycles. The van der Waals surface area contributed by atoms with Crippen molar-refractivity contribution in [2.45, 2.75) is 27.2 Å². The summed E-state index contributed by atoms with van der Waals surface area (Å²) in [5, 5.41) is 0. The van der Waals surface area contributed by atoms with Crippen molar-refractivity contribution in [3.8, 4) is 5.69 Å². The topological polar surface area (TPSA) is 51.5 Å². The van der Waals surface area contributed by atoms with E-state index in [4.69, 9.17) is 4.74 Å². The Balaban J connectivity index is 1.72. The molecule has 0 radical (unpaired) electrons. The summed E-state index contributed by atoms with van der Waals surface area (Å²) in [6, 6.07) is 18.1. The van der Waals surface area contributed by atoms with Crippen LogP contribution < -0.4 is 0 Å². The number of carbonyl (C=O) groups is 2. The molecule has 1 aromatic heterocycles. The lowest BCUT2D eigenvalue weighted by Gasteiger charge is -2.17. The lowest BCUT2D eigenvalue weighted by Crippen LogP contribution is -2.27. The average Bonchev–Trinajstić information content (AvgIpc) is 3.24. The number of esters is 1. The van der Waals surface area contributed by atoms with Crippen molar-refractivity contribution in [2.24, 2.45) is 0 Å². The van der Waals surface area contributed by atoms with Crippen LogP contribution >= 0.6 is 0 Å². The molecule has 0 atom stereocenters. The molecule has 5 nitrogen and oxygen atoms in total. The highest BCUT2D eigenvalue weighted by Gasteiger charge is 2.37. The molecule has 2 heterocycles. The van der Waals surface area contributed by atoms with Crippen molar-refractivity contribution in [3.63, 3.8) is 0 Å². The number of halogens is 1. The Morgan fingerprint density at radius 1 is 1.03 bits per heavy atom. The number of amides is 1. The van der Waals surface area contributed by atoms with E-state index in [-0.39, 0.29) is 17.3 Å². The fourth-order valence-corrected chi connectivity index (χ4v) is 4.46. The summed E-state index contributed by atoms with van der Waals surface area (Å²) in [5.41, 5.74) is 5.75. The van der Waals surface area contributed by atoms with Crippen molar-refractivity contribution in [3.05, 3.63) is 106 Å². The molecule has 174 valence electrons. The molecular weight excluding hydrogens is 431 g/mol. The normalized spacial score (nSPS) is 14.9. The van der Waals surface area contributed by atoms with Crippen molar-refractivity contribution >= 4 is 18.0 Å². The summed E-state index contributed by atoms with van der Waals surface area (Å²) in [5.74, 6) is -1.06. The lowest BCUT2D eigenvalue weighted by atomic mass is 10.0. The summed E-state index contributed by atoms with van der Waals surface area (Å²) in [6.45, 7) is 6.12. The number of aromatic nitrogens is 1. The summed E-state index contributed by atoms with van der Waals surface area (Å²) in [4.78, 5) is 27.7. The highest BCUT2D eigenvalue weighted by Crippen LogP contribution is 2.33. The average molecular weight is 459 g/mol. The van der Waals surface area contributed by atoms with Gasteiger partial charge in [0.2, 0.25) is 0 Å². The third-order valence-electron chi connectivity index (χ3n) is 6.22. The van der Waals surface area contributed by atoms with Crippen LogP contribution in [-0.2, 0) is 20.7 Å². The molecule has 1 aliphatic rings. The van der Waals surface area contributed by atoms with E-state index in [1.54, 1.807) is 30.0 Å². The quantitative estimate of drug-likeness (QED) is 0.379. The van der Waals surface area contributed by atoms with Gasteiger partial charge in [-0.15, -0.1) is 0 Å². The number of nitrogens with zero attached hydrogens (tertiary/aromatic N) is 2. The lowest BCUT2D eigenvalue weighted by molar-refractivity contribution is -0.136. The number of ether oxygens (including phenoxy) is 1. The Labute approximate surface area is 198 Å². The van der Waals surface area contributed by atoms with E-state index >= 15 is 0 Å². The fraction of sp³-hybridized carbons (Fsp3) is 0.214. The van der Waals surface area contributed by atoms with Crippen LogP contribution in [0.4, 0.5) is 4.39 Å². The minimum atomic E-state index is -0.536. The first-order chi connectivity index (χ1) is 16.3. The molecule has 4 rings (SSSR count). The third kappa shape index (κ3) is 4.31. The second-order valence-electron chi connectivity index (χ2n) is 8.34. The Hall–Kier alpha value is -3.93. The van der Waals surface area contributed by atoms with Gasteiger partial charge in [-0.3, -0.25) is 4.79 Å². The summed E-state index contributed by atoms with van der Waals surface area (Å²) in [7, 11) is 1.32. The van der Waals surface area contributed by atoms with Crippen LogP contribution in [0, 0.1) is 19.7 Å². The first kappa shape index (κ1) is 23.2. The second kappa shape index (κ2) is 9.51. The van der Waals surface area contributed by atoms with E-state index in [1.807, 2.05) is 54.8 Å². The zero-order valence-corrected chi connectivity index (χ0v) is 19.8. The number of hydrogen-bond donors (Lipinski definition) is 0. The highest BCUT2D eigenvalue weighted by atomic mass is 19.1. The molecule has 1 amide bonds. The van der Waals surface area contributed by atoms with E-state index in [1.165, 1.54) is 19.2 Å². The number of aryl methyl sites for hydroxylation is 1. The van der Waals surface area contributed by atoms with E-state index in [9.17, 15) is 14.0 Å². The molecule has 0 N–H and O–H groups in total. The molecule has 1 aliphatic heterocycles. The van der Waals surface area contributed by atoms with Gasteiger partial charge in [-0.05, 0) is 74.7 Å². The van der Waals surface area contributed by atoms with Gasteiger partial charge in [0.25, 0.3) is 5.91 Å². The third-order valence-corrected chi connectivity index (χ3v) is 6.22. The zero-order chi connectivity index (χ0) is 24.4. The van der Waals surface area contributed by atoms with Crippen LogP contribution in [-0.4, -0.2) is 35.0 Å². The number of rotatable bonds is 6. The van der Waals surface area contributed by atoms with Crippen LogP contribution in [0.2, 0.25) is 0 Å². The summed E-state index contributed by atoms with van der Waals surface area (Å²) >= 11 is 0. The molecule has 0 aliphatic carbocycles. The number of methoxy groups -OCH3 is 1. The first-order valence-corrected chi connectivity index (χ1v) is 11.1. The maximum atomic E-state index is 13.4. The van der Waals surface area contributed by atoms with E-state index < -0.39 is 5.97 Å². The predicted molar refractivity (Wildman–Crippen MR) is 130 cm³/mol. The van der Waals surface area contributed by atoms with Gasteiger partial charge >= 0.3 is 5.97 Å². The van der Waals surface area contributed by atoms with Crippen molar-refractivity contribution in [2.75, 3.05) is 13.7 Å². The second-order valence-corrected chi connectivity index (χ2v) is 8.34. The number of benzene rings is 2. The van der Waals surface area contributed by atoms with Crippen molar-refractivity contribution in [1.29, 1.82) is 0 Å². The zero-order valence-electron chi connectivity index (χ0n) is 19.8. The van der Waals surface area contributed by atoms with Gasteiger partial charge in [-0.2, -0.15) is 0 Å². The molecule has 34 heavy (non-hydrogen) atoms. The van der Waals surface area contributed by atoms with Gasteiger partial charge in [0.1, 0.15) is 5.82 Å². The Morgan fingerprint density at radius 2 is 1.71 bits per heavy atom. The monoisotopic (exact) mass is 458 g/mol. The van der Waals surface area contributed by atoms with Crippen LogP contribution in [0.3, 0.4) is 0 Å². The minimum Gasteiger partial charge on any atom is -0.465 e. The largest absolute Gasteiger partial charge is 0.465 e. The molecule has 0 spiro atoms. The molecule has 0 saturated heterocycles. The van der Waals surface area contributed by atoms with Gasteiger partial charge in [-0.25, -0.2) is 9.18 Å². The van der Waals surface area contributed by atoms with Crippen LogP contribution in [0.15, 0.2) is 77.5 Å². The van der Waals surface area contributed by atoms with E-state index in [0.717, 1.165) is 28.2 Å². The fourth-order valence-electron chi connectivity index (χ4n) is 4.46. The SMILES string of the molecule is COC(=O)C1=C(C)N(CCc2ccccc2)C(=O)C1=Cc1cc(C)n(-c2ccc(F)cc2)c1C. The van der Waals surface area contributed by atoms with Gasteiger partial charge in [-0.1, -0.05) is 30.3 Å². The maximum absolute atomic E-state index is 13.4. The number of carbonyl (C=O) groups excluding carboxylic acids is 2. The van der Waals surface area contributed by atoms with Crippen molar-refractivity contribution in [1.82, 2.24) is 9.47 Å². The van der Waals surface area contributed by atoms with Gasteiger partial charge in [0.15, 0.2) is 0 Å². The smallest absolute Gasteiger partial charge is 0.340 e. The summed E-state index contributed by atoms with van der Waals surface area (Å²) in [6.07, 6.45) is 2.42. The standard InChI is InChI=1S/C28H27FN2O3/c1-18-16-22(19(2)31(18)24-12-10-23(29)11-13-24)17-25-26(28(33)34-4)20(3)30(27(25)32)15-14-21-8-6-5-7-9-21/h5-13,16-17H,14-15H2,1-4H3. The molecule has 0 fully saturated rings. The molecule has 0 unspecified atom stereocenters. The van der Waals surface area contributed by atoms with E-state index in [0.29, 0.717) is 24.2 Å². The Bertz CT molecular complexity index is 1300. The van der Waals surface area contributed by atoms with Crippen LogP contribution in [0.1, 0.15) is 29.4 Å². The van der Waals surface area contributed by atoms with Gasteiger partial charge in [0.05, 0.1) is 18.3 Å². The van der Waals surface area contributed by atoms with E-state index in [2.05, 4.69) is 0 Å². The van der Waals surface area contributed by atoms with Crippen molar-refractivity contribution < 1.29 is 18.7 Å². The maximum Gasteiger partial charge on any atom is 0.340 e. The van der Waals surface area contributed by atoms with Crippen LogP contribution in [0.5, 0.6) is 0 Å². The Kier molecular flexibility index (Phi) is 6.50. The highest BCUT2D eigenvalue weighted by molar-refractivity contribution is 6.16. The summed E-state index contributed by atoms with van der Waals surface area (Å²) < 4.78 is 20.4. The molecular formula is C28H27FN2O3. The number of allylic oxidation sites excluding steroid dienone is 1.